The molecular formula is C14H15N3O. The summed E-state index contributed by atoms with van der Waals surface area (Å²) in [5.74, 6) is 1.48. The summed E-state index contributed by atoms with van der Waals surface area (Å²) >= 11 is 0. The summed E-state index contributed by atoms with van der Waals surface area (Å²) < 4.78 is 0. The summed E-state index contributed by atoms with van der Waals surface area (Å²) in [5.41, 5.74) is 3.72. The molecule has 2 rings (SSSR count). The zero-order valence-corrected chi connectivity index (χ0v) is 10.7. The molecule has 0 aliphatic heterocycles. The fourth-order valence-electron chi connectivity index (χ4n) is 1.92. The molecule has 0 aliphatic carbocycles. The number of aromatic nitrogens is 2. The van der Waals surface area contributed by atoms with Crippen molar-refractivity contribution in [2.24, 2.45) is 0 Å². The van der Waals surface area contributed by atoms with Crippen LogP contribution < -0.4 is 5.32 Å². The van der Waals surface area contributed by atoms with Gasteiger partial charge >= 0.3 is 0 Å². The van der Waals surface area contributed by atoms with E-state index in [0.717, 1.165) is 34.7 Å². The number of hydrogen-bond acceptors (Lipinski definition) is 4. The van der Waals surface area contributed by atoms with Crippen molar-refractivity contribution in [1.82, 2.24) is 9.97 Å². The van der Waals surface area contributed by atoms with Crippen molar-refractivity contribution in [1.29, 1.82) is 0 Å². The summed E-state index contributed by atoms with van der Waals surface area (Å²) in [5, 5.41) is 3.27. The molecule has 0 fully saturated rings. The summed E-state index contributed by atoms with van der Waals surface area (Å²) in [6.07, 6.45) is 2.58. The summed E-state index contributed by atoms with van der Waals surface area (Å²) in [7, 11) is 0. The van der Waals surface area contributed by atoms with Gasteiger partial charge in [0.05, 0.1) is 0 Å². The zero-order valence-electron chi connectivity index (χ0n) is 10.7. The van der Waals surface area contributed by atoms with Gasteiger partial charge in [-0.25, -0.2) is 9.97 Å². The number of nitrogens with one attached hydrogen (secondary N) is 1. The fraction of sp³-hybridized carbons (Fsp3) is 0.214. The van der Waals surface area contributed by atoms with Crippen LogP contribution >= 0.6 is 0 Å². The highest BCUT2D eigenvalue weighted by atomic mass is 16.1. The smallest absolute Gasteiger partial charge is 0.150 e. The molecule has 0 radical (unpaired) electrons. The second-order valence-corrected chi connectivity index (χ2v) is 4.26. The highest BCUT2D eigenvalue weighted by Gasteiger charge is 2.06. The third-order valence-electron chi connectivity index (χ3n) is 2.72. The number of carbonyl (C=O) groups excluding carboxylic acids is 1. The van der Waals surface area contributed by atoms with Gasteiger partial charge in [0.25, 0.3) is 0 Å². The topological polar surface area (TPSA) is 54.9 Å². The molecule has 92 valence electrons. The van der Waals surface area contributed by atoms with E-state index in [-0.39, 0.29) is 0 Å². The van der Waals surface area contributed by atoms with Crippen molar-refractivity contribution < 1.29 is 4.79 Å². The molecule has 1 heterocycles. The van der Waals surface area contributed by atoms with Crippen LogP contribution in [-0.2, 0) is 0 Å². The summed E-state index contributed by atoms with van der Waals surface area (Å²) in [6, 6.07) is 5.53. The number of nitrogens with zero attached hydrogens (tertiary/aromatic N) is 2. The van der Waals surface area contributed by atoms with Crippen molar-refractivity contribution >= 4 is 17.8 Å². The van der Waals surface area contributed by atoms with E-state index < -0.39 is 0 Å². The molecule has 4 heteroatoms. The van der Waals surface area contributed by atoms with Crippen molar-refractivity contribution in [3.8, 4) is 0 Å². The predicted octanol–water partition coefficient (Wildman–Crippen LogP) is 2.96. The Balaban J connectivity index is 2.37. The molecule has 0 bridgehead atoms. The van der Waals surface area contributed by atoms with Gasteiger partial charge in [0.2, 0.25) is 0 Å². The normalized spacial score (nSPS) is 10.2. The maximum Gasteiger partial charge on any atom is 0.150 e. The quantitative estimate of drug-likeness (QED) is 0.839. The van der Waals surface area contributed by atoms with Crippen molar-refractivity contribution in [3.05, 3.63) is 46.9 Å². The number of carbonyl (C=O) groups is 1. The molecular weight excluding hydrogens is 226 g/mol. The van der Waals surface area contributed by atoms with Crippen LogP contribution in [0.1, 0.15) is 27.3 Å². The second kappa shape index (κ2) is 4.96. The van der Waals surface area contributed by atoms with E-state index in [1.54, 1.807) is 6.20 Å². The molecule has 0 spiro atoms. The predicted molar refractivity (Wildman–Crippen MR) is 71.4 cm³/mol. The monoisotopic (exact) mass is 241 g/mol. The number of hydrogen-bond donors (Lipinski definition) is 1. The molecule has 0 unspecified atom stereocenters. The molecule has 4 nitrogen and oxygen atoms in total. The minimum Gasteiger partial charge on any atom is -0.340 e. The number of aryl methyl sites for hydroxylation is 3. The van der Waals surface area contributed by atoms with E-state index in [2.05, 4.69) is 15.3 Å². The summed E-state index contributed by atoms with van der Waals surface area (Å²) in [4.78, 5) is 19.1. The van der Waals surface area contributed by atoms with Gasteiger partial charge in [-0.3, -0.25) is 4.79 Å². The van der Waals surface area contributed by atoms with Crippen LogP contribution in [0.3, 0.4) is 0 Å². The van der Waals surface area contributed by atoms with Gasteiger partial charge in [0, 0.05) is 17.4 Å². The minimum absolute atomic E-state index is 0.689. The molecule has 0 amide bonds. The number of anilines is 2. The van der Waals surface area contributed by atoms with Crippen LogP contribution in [0.4, 0.5) is 11.5 Å². The average molecular weight is 241 g/mol. The zero-order chi connectivity index (χ0) is 13.1. The fourth-order valence-corrected chi connectivity index (χ4v) is 1.92. The molecule has 1 aromatic heterocycles. The van der Waals surface area contributed by atoms with E-state index in [1.807, 2.05) is 39.0 Å². The van der Waals surface area contributed by atoms with Crippen LogP contribution in [0.15, 0.2) is 24.4 Å². The van der Waals surface area contributed by atoms with Crippen molar-refractivity contribution in [3.63, 3.8) is 0 Å². The number of rotatable bonds is 3. The second-order valence-electron chi connectivity index (χ2n) is 4.26. The van der Waals surface area contributed by atoms with Crippen molar-refractivity contribution in [2.45, 2.75) is 20.8 Å². The number of benzene rings is 1. The first-order valence-electron chi connectivity index (χ1n) is 5.73. The Hall–Kier alpha value is -2.23. The third kappa shape index (κ3) is 2.53. The lowest BCUT2D eigenvalue weighted by Gasteiger charge is -2.13. The van der Waals surface area contributed by atoms with Crippen molar-refractivity contribution in [2.75, 3.05) is 5.32 Å². The highest BCUT2D eigenvalue weighted by molar-refractivity contribution is 5.79. The molecule has 1 aromatic carbocycles. The van der Waals surface area contributed by atoms with Crippen LogP contribution in [0.5, 0.6) is 0 Å². The molecule has 2 aromatic rings. The first-order chi connectivity index (χ1) is 8.60. The largest absolute Gasteiger partial charge is 0.340 e. The van der Waals surface area contributed by atoms with Crippen LogP contribution in [-0.4, -0.2) is 16.3 Å². The lowest BCUT2D eigenvalue weighted by atomic mass is 10.0. The molecule has 0 atom stereocenters. The van der Waals surface area contributed by atoms with Crippen LogP contribution in [0, 0.1) is 20.8 Å². The maximum atomic E-state index is 10.8. The first kappa shape index (κ1) is 12.2. The molecule has 1 N–H and O–H groups in total. The van der Waals surface area contributed by atoms with Gasteiger partial charge in [0.1, 0.15) is 17.9 Å². The molecule has 0 aliphatic rings. The van der Waals surface area contributed by atoms with Crippen LogP contribution in [0.2, 0.25) is 0 Å². The van der Waals surface area contributed by atoms with Gasteiger partial charge < -0.3 is 5.32 Å². The Morgan fingerprint density at radius 1 is 1.17 bits per heavy atom. The Labute approximate surface area is 106 Å². The Morgan fingerprint density at radius 2 is 1.83 bits per heavy atom. The van der Waals surface area contributed by atoms with E-state index in [1.165, 1.54) is 0 Å². The van der Waals surface area contributed by atoms with E-state index in [4.69, 9.17) is 0 Å². The molecule has 18 heavy (non-hydrogen) atoms. The minimum atomic E-state index is 0.689. The van der Waals surface area contributed by atoms with E-state index in [9.17, 15) is 4.79 Å². The average Bonchev–Trinajstić information content (AvgIpc) is 2.33. The van der Waals surface area contributed by atoms with Gasteiger partial charge in [-0.05, 0) is 50.1 Å². The molecule has 0 saturated heterocycles. The van der Waals surface area contributed by atoms with Gasteiger partial charge in [-0.15, -0.1) is 0 Å². The third-order valence-corrected chi connectivity index (χ3v) is 2.72. The Kier molecular flexibility index (Phi) is 3.37. The lowest BCUT2D eigenvalue weighted by Crippen LogP contribution is -2.01. The molecule has 0 saturated carbocycles. The van der Waals surface area contributed by atoms with Gasteiger partial charge in [0.15, 0.2) is 0 Å². The lowest BCUT2D eigenvalue weighted by molar-refractivity contribution is 0.112. The van der Waals surface area contributed by atoms with E-state index in [0.29, 0.717) is 5.56 Å². The maximum absolute atomic E-state index is 10.8. The Morgan fingerprint density at radius 3 is 2.39 bits per heavy atom. The SMILES string of the molecule is Cc1nccc(Nc2c(C)cc(C=O)cc2C)n1. The van der Waals surface area contributed by atoms with Gasteiger partial charge in [-0.2, -0.15) is 0 Å². The van der Waals surface area contributed by atoms with E-state index >= 15 is 0 Å². The van der Waals surface area contributed by atoms with Crippen LogP contribution in [0.25, 0.3) is 0 Å². The standard InChI is InChI=1S/C14H15N3O/c1-9-6-12(8-18)7-10(2)14(9)17-13-4-5-15-11(3)16-13/h4-8H,1-3H3,(H,15,16,17). The number of aldehydes is 1. The highest BCUT2D eigenvalue weighted by Crippen LogP contribution is 2.24. The Bertz CT molecular complexity index is 570. The summed E-state index contributed by atoms with van der Waals surface area (Å²) in [6.45, 7) is 5.78. The first-order valence-corrected chi connectivity index (χ1v) is 5.73. The van der Waals surface area contributed by atoms with Gasteiger partial charge in [-0.1, -0.05) is 0 Å².